The maximum Gasteiger partial charge on any atom is 0.256 e. The second kappa shape index (κ2) is 6.15. The summed E-state index contributed by atoms with van der Waals surface area (Å²) in [6.45, 7) is 0.419. The fourth-order valence-electron chi connectivity index (χ4n) is 1.64. The van der Waals surface area contributed by atoms with E-state index in [-0.39, 0.29) is 5.88 Å². The highest BCUT2D eigenvalue weighted by Gasteiger charge is 2.11. The first-order valence-electron chi connectivity index (χ1n) is 5.84. The quantitative estimate of drug-likeness (QED) is 0.899. The molecule has 0 radical (unpaired) electrons. The summed E-state index contributed by atoms with van der Waals surface area (Å²) in [7, 11) is 3.31. The summed E-state index contributed by atoms with van der Waals surface area (Å²) in [4.78, 5) is 3.91. The van der Waals surface area contributed by atoms with Crippen LogP contribution in [-0.2, 0) is 6.54 Å². The third kappa shape index (κ3) is 3.20. The molecule has 0 spiro atoms. The number of aromatic nitrogens is 1. The standard InChI is InChI=1S/C14H15FN2O2/c1-16-9-10-6-7-17-14(13(10)15)19-12-5-3-4-11(8-12)18-2/h3-8,16H,9H2,1-2H3. The lowest BCUT2D eigenvalue weighted by Crippen LogP contribution is -2.08. The van der Waals surface area contributed by atoms with Crippen molar-refractivity contribution in [1.82, 2.24) is 10.3 Å². The number of nitrogens with zero attached hydrogens (tertiary/aromatic N) is 1. The Labute approximate surface area is 111 Å². The number of methoxy groups -OCH3 is 1. The van der Waals surface area contributed by atoms with Gasteiger partial charge in [-0.05, 0) is 25.2 Å². The Bertz CT molecular complexity index is 561. The molecule has 0 amide bonds. The molecule has 100 valence electrons. The van der Waals surface area contributed by atoms with Crippen molar-refractivity contribution in [3.63, 3.8) is 0 Å². The van der Waals surface area contributed by atoms with E-state index in [0.717, 1.165) is 0 Å². The Morgan fingerprint density at radius 2 is 2.05 bits per heavy atom. The second-order valence-corrected chi connectivity index (χ2v) is 3.90. The highest BCUT2D eigenvalue weighted by atomic mass is 19.1. The molecule has 0 saturated heterocycles. The van der Waals surface area contributed by atoms with Gasteiger partial charge in [-0.1, -0.05) is 6.07 Å². The number of pyridine rings is 1. The molecule has 0 atom stereocenters. The van der Waals surface area contributed by atoms with Crippen molar-refractivity contribution in [2.24, 2.45) is 0 Å². The highest BCUT2D eigenvalue weighted by molar-refractivity contribution is 5.36. The summed E-state index contributed by atoms with van der Waals surface area (Å²) >= 11 is 0. The first-order valence-corrected chi connectivity index (χ1v) is 5.84. The van der Waals surface area contributed by atoms with Crippen LogP contribution in [0.25, 0.3) is 0 Å². The van der Waals surface area contributed by atoms with Crippen LogP contribution in [0.3, 0.4) is 0 Å². The van der Waals surface area contributed by atoms with Gasteiger partial charge in [0, 0.05) is 24.4 Å². The molecule has 0 saturated carbocycles. The van der Waals surface area contributed by atoms with Crippen molar-refractivity contribution < 1.29 is 13.9 Å². The zero-order chi connectivity index (χ0) is 13.7. The average molecular weight is 262 g/mol. The maximum absolute atomic E-state index is 14.1. The Morgan fingerprint density at radius 1 is 1.26 bits per heavy atom. The van der Waals surface area contributed by atoms with Gasteiger partial charge in [0.1, 0.15) is 11.5 Å². The number of rotatable bonds is 5. The van der Waals surface area contributed by atoms with Crippen LogP contribution in [0.4, 0.5) is 4.39 Å². The average Bonchev–Trinajstić information content (AvgIpc) is 2.44. The minimum absolute atomic E-state index is 0.0407. The molecule has 1 N–H and O–H groups in total. The molecule has 1 aromatic carbocycles. The van der Waals surface area contributed by atoms with Gasteiger partial charge in [0.25, 0.3) is 5.88 Å². The molecular weight excluding hydrogens is 247 g/mol. The van der Waals surface area contributed by atoms with E-state index in [9.17, 15) is 4.39 Å². The second-order valence-electron chi connectivity index (χ2n) is 3.90. The van der Waals surface area contributed by atoms with E-state index in [2.05, 4.69) is 10.3 Å². The molecule has 0 unspecified atom stereocenters. The Balaban J connectivity index is 2.25. The number of hydrogen-bond acceptors (Lipinski definition) is 4. The third-order valence-corrected chi connectivity index (χ3v) is 2.56. The highest BCUT2D eigenvalue weighted by Crippen LogP contribution is 2.26. The predicted octanol–water partition coefficient (Wildman–Crippen LogP) is 2.74. The van der Waals surface area contributed by atoms with E-state index in [4.69, 9.17) is 9.47 Å². The third-order valence-electron chi connectivity index (χ3n) is 2.56. The molecule has 0 aliphatic heterocycles. The minimum Gasteiger partial charge on any atom is -0.497 e. The van der Waals surface area contributed by atoms with Crippen LogP contribution in [0.1, 0.15) is 5.56 Å². The van der Waals surface area contributed by atoms with Crippen molar-refractivity contribution in [3.05, 3.63) is 47.9 Å². The number of benzene rings is 1. The SMILES string of the molecule is CNCc1ccnc(Oc2cccc(OC)c2)c1F. The van der Waals surface area contributed by atoms with Crippen molar-refractivity contribution in [2.75, 3.05) is 14.2 Å². The summed E-state index contributed by atoms with van der Waals surface area (Å²) in [6.07, 6.45) is 1.52. The largest absolute Gasteiger partial charge is 0.497 e. The van der Waals surface area contributed by atoms with Gasteiger partial charge in [-0.15, -0.1) is 0 Å². The van der Waals surface area contributed by atoms with Gasteiger partial charge in [-0.2, -0.15) is 0 Å². The van der Waals surface area contributed by atoms with Crippen LogP contribution in [-0.4, -0.2) is 19.1 Å². The van der Waals surface area contributed by atoms with Crippen molar-refractivity contribution >= 4 is 0 Å². The van der Waals surface area contributed by atoms with Crippen LogP contribution < -0.4 is 14.8 Å². The smallest absolute Gasteiger partial charge is 0.256 e. The number of nitrogens with one attached hydrogen (secondary N) is 1. The summed E-state index contributed by atoms with van der Waals surface area (Å²) in [5.74, 6) is 0.623. The van der Waals surface area contributed by atoms with Crippen LogP contribution >= 0.6 is 0 Å². The molecule has 1 aromatic heterocycles. The maximum atomic E-state index is 14.1. The first kappa shape index (κ1) is 13.3. The molecule has 5 heteroatoms. The molecule has 0 aliphatic carbocycles. The molecule has 19 heavy (non-hydrogen) atoms. The molecule has 4 nitrogen and oxygen atoms in total. The summed E-state index contributed by atoms with van der Waals surface area (Å²) < 4.78 is 24.6. The minimum atomic E-state index is -0.459. The molecule has 0 bridgehead atoms. The van der Waals surface area contributed by atoms with E-state index in [1.807, 2.05) is 0 Å². The van der Waals surface area contributed by atoms with Gasteiger partial charge in [-0.25, -0.2) is 9.37 Å². The molecule has 2 aromatic rings. The summed E-state index contributed by atoms with van der Waals surface area (Å²) in [5, 5.41) is 2.89. The van der Waals surface area contributed by atoms with Gasteiger partial charge in [0.15, 0.2) is 5.82 Å². The van der Waals surface area contributed by atoms with Crippen LogP contribution in [0, 0.1) is 5.82 Å². The zero-order valence-electron chi connectivity index (χ0n) is 10.8. The number of hydrogen-bond donors (Lipinski definition) is 1. The van der Waals surface area contributed by atoms with Crippen LogP contribution in [0.15, 0.2) is 36.5 Å². The Morgan fingerprint density at radius 3 is 2.79 bits per heavy atom. The van der Waals surface area contributed by atoms with E-state index in [1.165, 1.54) is 6.20 Å². The fraction of sp³-hybridized carbons (Fsp3) is 0.214. The van der Waals surface area contributed by atoms with E-state index in [1.54, 1.807) is 44.5 Å². The summed E-state index contributed by atoms with van der Waals surface area (Å²) in [6, 6.07) is 8.56. The van der Waals surface area contributed by atoms with Crippen molar-refractivity contribution in [2.45, 2.75) is 6.54 Å². The molecule has 1 heterocycles. The molecular formula is C14H15FN2O2. The number of ether oxygens (including phenoxy) is 2. The molecule has 0 fully saturated rings. The number of halogens is 1. The molecule has 0 aliphatic rings. The van der Waals surface area contributed by atoms with Gasteiger partial charge in [0.05, 0.1) is 7.11 Å². The van der Waals surface area contributed by atoms with Gasteiger partial charge in [0.2, 0.25) is 0 Å². The van der Waals surface area contributed by atoms with Gasteiger partial charge in [-0.3, -0.25) is 0 Å². The van der Waals surface area contributed by atoms with E-state index < -0.39 is 5.82 Å². The van der Waals surface area contributed by atoms with Crippen molar-refractivity contribution in [3.8, 4) is 17.4 Å². The zero-order valence-corrected chi connectivity index (χ0v) is 10.8. The van der Waals surface area contributed by atoms with E-state index in [0.29, 0.717) is 23.6 Å². The lowest BCUT2D eigenvalue weighted by atomic mass is 10.2. The molecule has 2 rings (SSSR count). The predicted molar refractivity (Wildman–Crippen MR) is 70.0 cm³/mol. The van der Waals surface area contributed by atoms with Crippen molar-refractivity contribution in [1.29, 1.82) is 0 Å². The monoisotopic (exact) mass is 262 g/mol. The first-order chi connectivity index (χ1) is 9.24. The lowest BCUT2D eigenvalue weighted by Gasteiger charge is -2.09. The summed E-state index contributed by atoms with van der Waals surface area (Å²) in [5.41, 5.74) is 0.510. The fourth-order valence-corrected chi connectivity index (χ4v) is 1.64. The van der Waals surface area contributed by atoms with E-state index >= 15 is 0 Å². The van der Waals surface area contributed by atoms with Gasteiger partial charge < -0.3 is 14.8 Å². The normalized spacial score (nSPS) is 10.3. The van der Waals surface area contributed by atoms with Gasteiger partial charge >= 0.3 is 0 Å². The Hall–Kier alpha value is -2.14. The lowest BCUT2D eigenvalue weighted by molar-refractivity contribution is 0.398. The topological polar surface area (TPSA) is 43.4 Å². The van der Waals surface area contributed by atoms with Crippen LogP contribution in [0.2, 0.25) is 0 Å². The van der Waals surface area contributed by atoms with Crippen LogP contribution in [0.5, 0.6) is 17.4 Å². The Kier molecular flexibility index (Phi) is 4.30.